The van der Waals surface area contributed by atoms with E-state index in [4.69, 9.17) is 0 Å². The summed E-state index contributed by atoms with van der Waals surface area (Å²) in [4.78, 5) is 21.4. The Morgan fingerprint density at radius 1 is 1.12 bits per heavy atom. The molecule has 3 heterocycles. The van der Waals surface area contributed by atoms with Crippen LogP contribution in [0.1, 0.15) is 18.4 Å². The number of benzene rings is 1. The largest absolute Gasteiger partial charge is 0.356 e. The van der Waals surface area contributed by atoms with Crippen molar-refractivity contribution in [2.45, 2.75) is 19.4 Å². The van der Waals surface area contributed by atoms with Crippen LogP contribution in [0.4, 0.5) is 10.2 Å². The van der Waals surface area contributed by atoms with Gasteiger partial charge in [-0.15, -0.1) is 0 Å². The average molecular weight is 325 g/mol. The van der Waals surface area contributed by atoms with Crippen LogP contribution in [0.2, 0.25) is 0 Å². The van der Waals surface area contributed by atoms with E-state index in [0.29, 0.717) is 6.54 Å². The van der Waals surface area contributed by atoms with Gasteiger partial charge < -0.3 is 9.80 Å². The lowest BCUT2D eigenvalue weighted by molar-refractivity contribution is -0.135. The lowest BCUT2D eigenvalue weighted by Crippen LogP contribution is -2.36. The van der Waals surface area contributed by atoms with Crippen LogP contribution < -0.4 is 4.90 Å². The molecule has 0 saturated carbocycles. The number of pyridine rings is 1. The molecule has 2 aromatic rings. The van der Waals surface area contributed by atoms with E-state index in [9.17, 15) is 9.18 Å². The number of hydrogen-bond donors (Lipinski definition) is 0. The molecule has 2 aliphatic heterocycles. The van der Waals surface area contributed by atoms with E-state index in [0.717, 1.165) is 43.9 Å². The maximum atomic E-state index is 13.4. The standard InChI is InChI=1S/C19H20FN3O/c20-16-5-3-4-15(12-16)13-22-10-7-19(18(22)24)8-11-23(14-19)17-6-1-2-9-21-17/h1-6,9,12H,7-8,10-11,13-14H2. The number of aromatic nitrogens is 1. The Hall–Kier alpha value is -2.43. The van der Waals surface area contributed by atoms with E-state index in [-0.39, 0.29) is 17.1 Å². The minimum atomic E-state index is -0.301. The van der Waals surface area contributed by atoms with Gasteiger partial charge in [0.25, 0.3) is 0 Å². The smallest absolute Gasteiger partial charge is 0.231 e. The fraction of sp³-hybridized carbons (Fsp3) is 0.368. The van der Waals surface area contributed by atoms with Gasteiger partial charge in [0.05, 0.1) is 5.41 Å². The number of halogens is 1. The summed E-state index contributed by atoms with van der Waals surface area (Å²) in [5.41, 5.74) is 0.546. The fourth-order valence-corrected chi connectivity index (χ4v) is 3.89. The lowest BCUT2D eigenvalue weighted by atomic mass is 9.85. The van der Waals surface area contributed by atoms with E-state index < -0.39 is 0 Å². The number of likely N-dealkylation sites (tertiary alicyclic amines) is 1. The van der Waals surface area contributed by atoms with Crippen molar-refractivity contribution in [3.63, 3.8) is 0 Å². The Morgan fingerprint density at radius 3 is 2.79 bits per heavy atom. The van der Waals surface area contributed by atoms with Crippen molar-refractivity contribution in [3.05, 3.63) is 60.0 Å². The summed E-state index contributed by atoms with van der Waals surface area (Å²) >= 11 is 0. The number of amides is 1. The molecular formula is C19H20FN3O. The third-order valence-electron chi connectivity index (χ3n) is 5.19. The lowest BCUT2D eigenvalue weighted by Gasteiger charge is -2.24. The maximum Gasteiger partial charge on any atom is 0.231 e. The third kappa shape index (κ3) is 2.64. The second-order valence-electron chi connectivity index (χ2n) is 6.75. The van der Waals surface area contributed by atoms with Gasteiger partial charge in [-0.05, 0) is 42.7 Å². The van der Waals surface area contributed by atoms with Crippen molar-refractivity contribution in [2.24, 2.45) is 5.41 Å². The molecule has 2 aliphatic rings. The topological polar surface area (TPSA) is 36.4 Å². The number of hydrogen-bond acceptors (Lipinski definition) is 3. The van der Waals surface area contributed by atoms with Crippen LogP contribution in [0.15, 0.2) is 48.7 Å². The van der Waals surface area contributed by atoms with Gasteiger partial charge in [0.2, 0.25) is 5.91 Å². The molecule has 4 rings (SSSR count). The zero-order valence-electron chi connectivity index (χ0n) is 13.5. The Morgan fingerprint density at radius 2 is 2.00 bits per heavy atom. The molecule has 1 amide bonds. The first-order valence-corrected chi connectivity index (χ1v) is 8.36. The molecule has 24 heavy (non-hydrogen) atoms. The second kappa shape index (κ2) is 5.89. The monoisotopic (exact) mass is 325 g/mol. The molecule has 0 bridgehead atoms. The van der Waals surface area contributed by atoms with Gasteiger partial charge in [0.15, 0.2) is 0 Å². The molecular weight excluding hydrogens is 305 g/mol. The summed E-state index contributed by atoms with van der Waals surface area (Å²) in [6.07, 6.45) is 3.51. The van der Waals surface area contributed by atoms with Crippen LogP contribution in [0, 0.1) is 11.2 Å². The molecule has 5 heteroatoms. The first kappa shape index (κ1) is 15.1. The first-order valence-electron chi connectivity index (χ1n) is 8.36. The molecule has 1 aromatic heterocycles. The Labute approximate surface area is 140 Å². The first-order chi connectivity index (χ1) is 11.7. The van der Waals surface area contributed by atoms with Gasteiger partial charge in [-0.25, -0.2) is 9.37 Å². The molecule has 1 aromatic carbocycles. The van der Waals surface area contributed by atoms with Crippen LogP contribution in [-0.4, -0.2) is 35.4 Å². The molecule has 1 atom stereocenters. The zero-order valence-corrected chi connectivity index (χ0v) is 13.5. The van der Waals surface area contributed by atoms with Crippen molar-refractivity contribution < 1.29 is 9.18 Å². The highest BCUT2D eigenvalue weighted by atomic mass is 19.1. The summed E-state index contributed by atoms with van der Waals surface area (Å²) in [7, 11) is 0. The van der Waals surface area contributed by atoms with Crippen molar-refractivity contribution in [3.8, 4) is 0 Å². The molecule has 2 saturated heterocycles. The highest BCUT2D eigenvalue weighted by Crippen LogP contribution is 2.42. The molecule has 1 spiro atoms. The number of rotatable bonds is 3. The summed E-state index contributed by atoms with van der Waals surface area (Å²) in [5, 5.41) is 0. The third-order valence-corrected chi connectivity index (χ3v) is 5.19. The van der Waals surface area contributed by atoms with Gasteiger partial charge in [0, 0.05) is 32.4 Å². The predicted octanol–water partition coefficient (Wildman–Crippen LogP) is 2.85. The van der Waals surface area contributed by atoms with Gasteiger partial charge >= 0.3 is 0 Å². The highest BCUT2D eigenvalue weighted by Gasteiger charge is 2.50. The van der Waals surface area contributed by atoms with E-state index in [1.807, 2.05) is 29.2 Å². The fourth-order valence-electron chi connectivity index (χ4n) is 3.89. The van der Waals surface area contributed by atoms with E-state index in [1.54, 1.807) is 12.3 Å². The average Bonchev–Trinajstić information content (AvgIpc) is 3.16. The van der Waals surface area contributed by atoms with Crippen LogP contribution in [0.5, 0.6) is 0 Å². The zero-order chi connectivity index (χ0) is 16.6. The summed E-state index contributed by atoms with van der Waals surface area (Å²) in [6, 6.07) is 12.4. The van der Waals surface area contributed by atoms with Crippen molar-refractivity contribution in [2.75, 3.05) is 24.5 Å². The van der Waals surface area contributed by atoms with Gasteiger partial charge in [-0.3, -0.25) is 4.79 Å². The minimum absolute atomic E-state index is 0.199. The molecule has 2 fully saturated rings. The number of nitrogens with zero attached hydrogens (tertiary/aromatic N) is 3. The molecule has 1 unspecified atom stereocenters. The van der Waals surface area contributed by atoms with Crippen molar-refractivity contribution >= 4 is 11.7 Å². The minimum Gasteiger partial charge on any atom is -0.356 e. The maximum absolute atomic E-state index is 13.4. The second-order valence-corrected chi connectivity index (χ2v) is 6.75. The summed E-state index contributed by atoms with van der Waals surface area (Å²) in [5.74, 6) is 0.881. The Balaban J connectivity index is 1.47. The summed E-state index contributed by atoms with van der Waals surface area (Å²) in [6.45, 7) is 2.81. The van der Waals surface area contributed by atoms with Crippen LogP contribution in [0.3, 0.4) is 0 Å². The molecule has 0 radical (unpaired) electrons. The molecule has 4 nitrogen and oxygen atoms in total. The van der Waals surface area contributed by atoms with Gasteiger partial charge in [0.1, 0.15) is 11.6 Å². The van der Waals surface area contributed by atoms with Crippen LogP contribution in [0.25, 0.3) is 0 Å². The molecule has 0 aliphatic carbocycles. The van der Waals surface area contributed by atoms with Gasteiger partial charge in [-0.1, -0.05) is 18.2 Å². The Kier molecular flexibility index (Phi) is 3.71. The SMILES string of the molecule is O=C1N(Cc2cccc(F)c2)CCC12CCN(c1ccccn1)C2. The van der Waals surface area contributed by atoms with Crippen LogP contribution in [-0.2, 0) is 11.3 Å². The molecule has 0 N–H and O–H groups in total. The van der Waals surface area contributed by atoms with Gasteiger partial charge in [-0.2, -0.15) is 0 Å². The number of anilines is 1. The van der Waals surface area contributed by atoms with E-state index >= 15 is 0 Å². The Bertz CT molecular complexity index is 751. The number of carbonyl (C=O) groups excluding carboxylic acids is 1. The van der Waals surface area contributed by atoms with Crippen molar-refractivity contribution in [1.29, 1.82) is 0 Å². The summed E-state index contributed by atoms with van der Waals surface area (Å²) < 4.78 is 13.4. The van der Waals surface area contributed by atoms with E-state index in [2.05, 4.69) is 9.88 Å². The highest BCUT2D eigenvalue weighted by molar-refractivity contribution is 5.86. The van der Waals surface area contributed by atoms with Crippen LogP contribution >= 0.6 is 0 Å². The quantitative estimate of drug-likeness (QED) is 0.871. The van der Waals surface area contributed by atoms with E-state index in [1.165, 1.54) is 12.1 Å². The van der Waals surface area contributed by atoms with Crippen molar-refractivity contribution in [1.82, 2.24) is 9.88 Å². The predicted molar refractivity (Wildman–Crippen MR) is 89.9 cm³/mol. The molecule has 124 valence electrons. The normalized spacial score (nSPS) is 23.5. The number of carbonyl (C=O) groups is 1.